The molecule has 134 valence electrons. The van der Waals surface area contributed by atoms with E-state index in [2.05, 4.69) is 12.2 Å². The van der Waals surface area contributed by atoms with Crippen LogP contribution < -0.4 is 10.1 Å². The highest BCUT2D eigenvalue weighted by Gasteiger charge is 2.16. The normalized spacial score (nSPS) is 11.2. The van der Waals surface area contributed by atoms with E-state index in [1.165, 1.54) is 0 Å². The first-order valence-electron chi connectivity index (χ1n) is 7.85. The Morgan fingerprint density at radius 2 is 1.96 bits per heavy atom. The van der Waals surface area contributed by atoms with Gasteiger partial charge in [-0.25, -0.2) is 12.8 Å². The van der Waals surface area contributed by atoms with Crippen molar-refractivity contribution in [2.45, 2.75) is 24.7 Å². The van der Waals surface area contributed by atoms with E-state index in [0.29, 0.717) is 18.0 Å². The van der Waals surface area contributed by atoms with Gasteiger partial charge in [-0.15, -0.1) is 0 Å². The molecule has 0 bridgehead atoms. The molecule has 0 aliphatic carbocycles. The van der Waals surface area contributed by atoms with Crippen molar-refractivity contribution in [3.8, 4) is 5.75 Å². The fourth-order valence-corrected chi connectivity index (χ4v) is 2.75. The van der Waals surface area contributed by atoms with E-state index >= 15 is 0 Å². The van der Waals surface area contributed by atoms with Gasteiger partial charge in [0.15, 0.2) is 9.84 Å². The molecule has 0 spiro atoms. The first kappa shape index (κ1) is 18.9. The van der Waals surface area contributed by atoms with E-state index in [4.69, 9.17) is 4.74 Å². The van der Waals surface area contributed by atoms with Gasteiger partial charge in [0.2, 0.25) is 0 Å². The summed E-state index contributed by atoms with van der Waals surface area (Å²) in [6.07, 6.45) is 2.92. The highest BCUT2D eigenvalue weighted by molar-refractivity contribution is 7.90. The van der Waals surface area contributed by atoms with Crippen molar-refractivity contribution in [3.05, 3.63) is 53.8 Å². The minimum atomic E-state index is -3.53. The number of amides is 1. The smallest absolute Gasteiger partial charge is 0.258 e. The molecule has 7 heteroatoms. The molecular weight excluding hydrogens is 345 g/mol. The van der Waals surface area contributed by atoms with Gasteiger partial charge in [0.25, 0.3) is 5.91 Å². The Hall–Kier alpha value is -2.41. The maximum absolute atomic E-state index is 13.9. The maximum Gasteiger partial charge on any atom is 0.258 e. The highest BCUT2D eigenvalue weighted by atomic mass is 32.2. The summed E-state index contributed by atoms with van der Waals surface area (Å²) >= 11 is 0. The molecule has 0 atom stereocenters. The Bertz CT molecular complexity index is 865. The average Bonchev–Trinajstić information content (AvgIpc) is 2.54. The molecule has 1 amide bonds. The average molecular weight is 365 g/mol. The molecule has 0 fully saturated rings. The molecule has 0 aliphatic heterocycles. The van der Waals surface area contributed by atoms with Crippen LogP contribution in [0, 0.1) is 5.82 Å². The van der Waals surface area contributed by atoms with Gasteiger partial charge in [-0.1, -0.05) is 19.4 Å². The topological polar surface area (TPSA) is 72.5 Å². The van der Waals surface area contributed by atoms with E-state index in [1.54, 1.807) is 24.3 Å². The first-order valence-corrected chi connectivity index (χ1v) is 9.74. The number of unbranched alkanes of at least 4 members (excludes halogenated alkanes) is 1. The Morgan fingerprint density at radius 1 is 1.20 bits per heavy atom. The van der Waals surface area contributed by atoms with Gasteiger partial charge in [0.05, 0.1) is 17.1 Å². The molecule has 0 saturated carbocycles. The van der Waals surface area contributed by atoms with Crippen LogP contribution in [0.5, 0.6) is 5.75 Å². The van der Waals surface area contributed by atoms with Crippen LogP contribution in [-0.4, -0.2) is 27.2 Å². The third-order valence-corrected chi connectivity index (χ3v) is 4.58. The molecule has 0 radical (unpaired) electrons. The lowest BCUT2D eigenvalue weighted by atomic mass is 10.2. The van der Waals surface area contributed by atoms with Gasteiger partial charge in [0, 0.05) is 18.0 Å². The van der Waals surface area contributed by atoms with Crippen LogP contribution in [0.1, 0.15) is 30.1 Å². The van der Waals surface area contributed by atoms with E-state index in [9.17, 15) is 17.6 Å². The second-order valence-corrected chi connectivity index (χ2v) is 7.61. The fourth-order valence-electron chi connectivity index (χ4n) is 2.11. The number of nitrogens with one attached hydrogen (secondary N) is 1. The number of halogens is 1. The number of benzene rings is 2. The zero-order valence-corrected chi connectivity index (χ0v) is 14.9. The van der Waals surface area contributed by atoms with Gasteiger partial charge in [0.1, 0.15) is 11.6 Å². The Kier molecular flexibility index (Phi) is 6.14. The van der Waals surface area contributed by atoms with Gasteiger partial charge >= 0.3 is 0 Å². The van der Waals surface area contributed by atoms with Crippen LogP contribution in [0.3, 0.4) is 0 Å². The number of carbonyl (C=O) groups is 1. The zero-order valence-electron chi connectivity index (χ0n) is 14.1. The quantitative estimate of drug-likeness (QED) is 0.600. The molecule has 25 heavy (non-hydrogen) atoms. The molecule has 2 rings (SSSR count). The summed E-state index contributed by atoms with van der Waals surface area (Å²) in [6.45, 7) is 2.62. The lowest BCUT2D eigenvalue weighted by Crippen LogP contribution is -2.15. The molecule has 2 aromatic carbocycles. The van der Waals surface area contributed by atoms with Crippen LogP contribution in [0.2, 0.25) is 0 Å². The largest absolute Gasteiger partial charge is 0.494 e. The van der Waals surface area contributed by atoms with Crippen molar-refractivity contribution in [1.82, 2.24) is 0 Å². The molecule has 0 aromatic heterocycles. The van der Waals surface area contributed by atoms with Crippen molar-refractivity contribution in [2.75, 3.05) is 18.2 Å². The van der Waals surface area contributed by atoms with Crippen LogP contribution >= 0.6 is 0 Å². The number of ether oxygens (including phenoxy) is 1. The predicted octanol–water partition coefficient (Wildman–Crippen LogP) is 3.66. The number of anilines is 1. The van der Waals surface area contributed by atoms with E-state index < -0.39 is 21.6 Å². The Balaban J connectivity index is 2.18. The summed E-state index contributed by atoms with van der Waals surface area (Å²) < 4.78 is 42.6. The number of rotatable bonds is 7. The van der Waals surface area contributed by atoms with E-state index in [0.717, 1.165) is 37.3 Å². The predicted molar refractivity (Wildman–Crippen MR) is 94.3 cm³/mol. The van der Waals surface area contributed by atoms with Crippen LogP contribution in [0.4, 0.5) is 10.1 Å². The summed E-state index contributed by atoms with van der Waals surface area (Å²) in [5.74, 6) is -0.925. The van der Waals surface area contributed by atoms with Gasteiger partial charge in [-0.3, -0.25) is 4.79 Å². The maximum atomic E-state index is 13.9. The number of carbonyl (C=O) groups excluding carboxylic acids is 1. The Labute approximate surface area is 146 Å². The van der Waals surface area contributed by atoms with Gasteiger partial charge in [-0.2, -0.15) is 0 Å². The summed E-state index contributed by atoms with van der Waals surface area (Å²) in [5.41, 5.74) is 0.100. The molecular formula is C18H20FNO4S. The number of hydrogen-bond acceptors (Lipinski definition) is 4. The van der Waals surface area contributed by atoms with Gasteiger partial charge < -0.3 is 10.1 Å². The summed E-state index contributed by atoms with van der Waals surface area (Å²) in [4.78, 5) is 12.2. The summed E-state index contributed by atoms with van der Waals surface area (Å²) in [6, 6.07) is 9.87. The minimum Gasteiger partial charge on any atom is -0.494 e. The molecule has 0 unspecified atom stereocenters. The van der Waals surface area contributed by atoms with Gasteiger partial charge in [-0.05, 0) is 36.8 Å². The van der Waals surface area contributed by atoms with Crippen molar-refractivity contribution < 1.29 is 22.3 Å². The van der Waals surface area contributed by atoms with Crippen LogP contribution in [0.25, 0.3) is 0 Å². The third-order valence-electron chi connectivity index (χ3n) is 3.47. The van der Waals surface area contributed by atoms with E-state index in [1.807, 2.05) is 0 Å². The van der Waals surface area contributed by atoms with Crippen molar-refractivity contribution >= 4 is 21.4 Å². The van der Waals surface area contributed by atoms with Crippen molar-refractivity contribution in [3.63, 3.8) is 0 Å². The third kappa shape index (κ3) is 5.29. The van der Waals surface area contributed by atoms with Crippen LogP contribution in [-0.2, 0) is 9.84 Å². The standard InChI is InChI=1S/C18H20FNO4S/c1-3-4-10-24-14-7-5-6-13(11-14)20-18(21)16-12-15(25(2,22)23)8-9-17(16)19/h5-9,11-12H,3-4,10H2,1-2H3,(H,20,21). The zero-order chi connectivity index (χ0) is 18.4. The SMILES string of the molecule is CCCCOc1cccc(NC(=O)c2cc(S(C)(=O)=O)ccc2F)c1. The molecule has 0 saturated heterocycles. The molecule has 0 heterocycles. The lowest BCUT2D eigenvalue weighted by molar-refractivity contribution is 0.102. The molecule has 5 nitrogen and oxygen atoms in total. The molecule has 2 aromatic rings. The highest BCUT2D eigenvalue weighted by Crippen LogP contribution is 2.20. The lowest BCUT2D eigenvalue weighted by Gasteiger charge is -2.10. The Morgan fingerprint density at radius 3 is 2.64 bits per heavy atom. The first-order chi connectivity index (χ1) is 11.8. The van der Waals surface area contributed by atoms with Crippen LogP contribution in [0.15, 0.2) is 47.4 Å². The van der Waals surface area contributed by atoms with Crippen molar-refractivity contribution in [1.29, 1.82) is 0 Å². The fraction of sp³-hybridized carbons (Fsp3) is 0.278. The summed E-state index contributed by atoms with van der Waals surface area (Å²) in [5, 5.41) is 2.55. The molecule has 0 aliphatic rings. The van der Waals surface area contributed by atoms with Crippen molar-refractivity contribution in [2.24, 2.45) is 0 Å². The monoisotopic (exact) mass is 365 g/mol. The summed E-state index contributed by atoms with van der Waals surface area (Å²) in [7, 11) is -3.53. The molecule has 1 N–H and O–H groups in total. The number of sulfone groups is 1. The van der Waals surface area contributed by atoms with E-state index in [-0.39, 0.29) is 10.5 Å². The second-order valence-electron chi connectivity index (χ2n) is 5.60. The number of hydrogen-bond donors (Lipinski definition) is 1. The second kappa shape index (κ2) is 8.11. The minimum absolute atomic E-state index is 0.115.